The molecule has 0 bridgehead atoms. The number of nitrogens with one attached hydrogen (secondary N) is 2. The van der Waals surface area contributed by atoms with E-state index in [0.29, 0.717) is 0 Å². The van der Waals surface area contributed by atoms with Crippen molar-refractivity contribution in [3.63, 3.8) is 0 Å². The number of rotatable bonds is 6. The summed E-state index contributed by atoms with van der Waals surface area (Å²) in [5, 5.41) is 6.98. The molecule has 3 heteroatoms. The largest absolute Gasteiger partial charge is 0.466 e. The molecule has 1 atom stereocenters. The monoisotopic (exact) mass is 222 g/mol. The van der Waals surface area contributed by atoms with E-state index in [1.54, 1.807) is 0 Å². The van der Waals surface area contributed by atoms with Gasteiger partial charge in [0.15, 0.2) is 0 Å². The first-order valence-corrected chi connectivity index (χ1v) is 6.34. The van der Waals surface area contributed by atoms with Gasteiger partial charge in [-0.05, 0) is 51.4 Å². The van der Waals surface area contributed by atoms with Crippen LogP contribution in [0.15, 0.2) is 16.5 Å². The summed E-state index contributed by atoms with van der Waals surface area (Å²) < 4.78 is 5.51. The van der Waals surface area contributed by atoms with Gasteiger partial charge in [0, 0.05) is 19.0 Å². The Morgan fingerprint density at radius 1 is 1.44 bits per heavy atom. The van der Waals surface area contributed by atoms with Crippen LogP contribution in [0.25, 0.3) is 0 Å². The van der Waals surface area contributed by atoms with Gasteiger partial charge < -0.3 is 15.1 Å². The van der Waals surface area contributed by atoms with Crippen molar-refractivity contribution in [1.82, 2.24) is 10.6 Å². The molecule has 90 valence electrons. The number of hydrogen-bond acceptors (Lipinski definition) is 3. The number of hydrogen-bond donors (Lipinski definition) is 2. The second kappa shape index (κ2) is 6.06. The summed E-state index contributed by atoms with van der Waals surface area (Å²) in [5.74, 6) is 2.09. The molecule has 1 fully saturated rings. The van der Waals surface area contributed by atoms with E-state index in [1.165, 1.54) is 25.8 Å². The van der Waals surface area contributed by atoms with Gasteiger partial charge in [-0.25, -0.2) is 0 Å². The summed E-state index contributed by atoms with van der Waals surface area (Å²) in [6.45, 7) is 5.32. The smallest absolute Gasteiger partial charge is 0.105 e. The minimum atomic E-state index is 0.748. The van der Waals surface area contributed by atoms with Crippen LogP contribution >= 0.6 is 0 Å². The fraction of sp³-hybridized carbons (Fsp3) is 0.692. The van der Waals surface area contributed by atoms with Gasteiger partial charge in [0.2, 0.25) is 0 Å². The lowest BCUT2D eigenvalue weighted by Crippen LogP contribution is -2.27. The van der Waals surface area contributed by atoms with E-state index in [1.807, 2.05) is 13.0 Å². The van der Waals surface area contributed by atoms with Gasteiger partial charge in [-0.15, -0.1) is 0 Å². The van der Waals surface area contributed by atoms with Gasteiger partial charge in [-0.3, -0.25) is 0 Å². The van der Waals surface area contributed by atoms with Crippen molar-refractivity contribution in [2.24, 2.45) is 0 Å². The lowest BCUT2D eigenvalue weighted by Gasteiger charge is -2.10. The van der Waals surface area contributed by atoms with E-state index in [4.69, 9.17) is 4.42 Å². The van der Waals surface area contributed by atoms with E-state index in [2.05, 4.69) is 16.7 Å². The molecule has 0 aromatic carbocycles. The third kappa shape index (κ3) is 3.65. The molecule has 2 heterocycles. The molecule has 3 nitrogen and oxygen atoms in total. The molecule has 1 aliphatic heterocycles. The Kier molecular flexibility index (Phi) is 4.43. The normalized spacial score (nSPS) is 20.4. The summed E-state index contributed by atoms with van der Waals surface area (Å²) in [4.78, 5) is 0. The van der Waals surface area contributed by atoms with Crippen LogP contribution < -0.4 is 10.6 Å². The molecule has 1 aromatic heterocycles. The minimum absolute atomic E-state index is 0.748. The van der Waals surface area contributed by atoms with Gasteiger partial charge in [0.1, 0.15) is 11.5 Å². The highest BCUT2D eigenvalue weighted by atomic mass is 16.3. The van der Waals surface area contributed by atoms with Crippen molar-refractivity contribution in [2.75, 3.05) is 19.6 Å². The topological polar surface area (TPSA) is 37.2 Å². The maximum atomic E-state index is 5.51. The maximum absolute atomic E-state index is 5.51. The van der Waals surface area contributed by atoms with Crippen molar-refractivity contribution in [3.8, 4) is 0 Å². The van der Waals surface area contributed by atoms with Crippen molar-refractivity contribution >= 4 is 0 Å². The molecule has 1 unspecified atom stereocenters. The molecular formula is C13H22N2O. The van der Waals surface area contributed by atoms with Crippen LogP contribution in [-0.2, 0) is 6.42 Å². The number of aryl methyl sites for hydroxylation is 1. The highest BCUT2D eigenvalue weighted by molar-refractivity contribution is 5.05. The van der Waals surface area contributed by atoms with Crippen LogP contribution in [0.1, 0.15) is 30.8 Å². The molecule has 0 spiro atoms. The van der Waals surface area contributed by atoms with E-state index in [-0.39, 0.29) is 0 Å². The van der Waals surface area contributed by atoms with Crippen molar-refractivity contribution in [1.29, 1.82) is 0 Å². The van der Waals surface area contributed by atoms with Crippen LogP contribution in [0, 0.1) is 6.92 Å². The van der Waals surface area contributed by atoms with E-state index >= 15 is 0 Å². The van der Waals surface area contributed by atoms with E-state index in [0.717, 1.165) is 37.1 Å². The summed E-state index contributed by atoms with van der Waals surface area (Å²) in [6, 6.07) is 4.84. The first-order valence-electron chi connectivity index (χ1n) is 6.34. The summed E-state index contributed by atoms with van der Waals surface area (Å²) >= 11 is 0. The van der Waals surface area contributed by atoms with Crippen molar-refractivity contribution in [3.05, 3.63) is 23.7 Å². The molecule has 2 rings (SSSR count). The predicted octanol–water partition coefficient (Wildman–Crippen LogP) is 1.86. The molecule has 1 saturated heterocycles. The Morgan fingerprint density at radius 2 is 2.38 bits per heavy atom. The quantitative estimate of drug-likeness (QED) is 0.721. The van der Waals surface area contributed by atoms with Crippen molar-refractivity contribution in [2.45, 2.75) is 38.6 Å². The molecular weight excluding hydrogens is 200 g/mol. The zero-order valence-corrected chi connectivity index (χ0v) is 10.1. The average Bonchev–Trinajstić information content (AvgIpc) is 2.89. The molecule has 0 saturated carbocycles. The van der Waals surface area contributed by atoms with Crippen LogP contribution in [0.2, 0.25) is 0 Å². The number of furan rings is 1. The highest BCUT2D eigenvalue weighted by Gasteiger charge is 2.12. The highest BCUT2D eigenvalue weighted by Crippen LogP contribution is 2.08. The Morgan fingerprint density at radius 3 is 3.06 bits per heavy atom. The zero-order chi connectivity index (χ0) is 11.2. The standard InChI is InChI=1S/C13H22N2O/c1-11-4-5-13(16-11)7-10-14-9-6-12-3-2-8-15-12/h4-5,12,14-15H,2-3,6-10H2,1H3. The molecule has 1 aliphatic rings. The van der Waals surface area contributed by atoms with E-state index < -0.39 is 0 Å². The van der Waals surface area contributed by atoms with Gasteiger partial charge >= 0.3 is 0 Å². The second-order valence-corrected chi connectivity index (χ2v) is 4.59. The van der Waals surface area contributed by atoms with Crippen LogP contribution in [0.4, 0.5) is 0 Å². The molecule has 16 heavy (non-hydrogen) atoms. The van der Waals surface area contributed by atoms with Gasteiger partial charge in [0.05, 0.1) is 0 Å². The van der Waals surface area contributed by atoms with Gasteiger partial charge in [-0.2, -0.15) is 0 Å². The fourth-order valence-corrected chi connectivity index (χ4v) is 2.24. The first-order chi connectivity index (χ1) is 7.84. The van der Waals surface area contributed by atoms with Crippen LogP contribution in [0.5, 0.6) is 0 Å². The Hall–Kier alpha value is -0.800. The lowest BCUT2D eigenvalue weighted by molar-refractivity contribution is 0.469. The summed E-state index contributed by atoms with van der Waals surface area (Å²) in [5.41, 5.74) is 0. The third-order valence-corrected chi connectivity index (χ3v) is 3.18. The Balaban J connectivity index is 1.51. The summed E-state index contributed by atoms with van der Waals surface area (Å²) in [6.07, 6.45) is 4.93. The van der Waals surface area contributed by atoms with E-state index in [9.17, 15) is 0 Å². The molecule has 0 aliphatic carbocycles. The Labute approximate surface area is 97.6 Å². The fourth-order valence-electron chi connectivity index (χ4n) is 2.24. The average molecular weight is 222 g/mol. The third-order valence-electron chi connectivity index (χ3n) is 3.18. The van der Waals surface area contributed by atoms with Crippen molar-refractivity contribution < 1.29 is 4.42 Å². The van der Waals surface area contributed by atoms with Crippen LogP contribution in [-0.4, -0.2) is 25.7 Å². The molecule has 0 amide bonds. The van der Waals surface area contributed by atoms with Crippen LogP contribution in [0.3, 0.4) is 0 Å². The Bertz CT molecular complexity index is 303. The predicted molar refractivity (Wildman–Crippen MR) is 65.7 cm³/mol. The molecule has 0 radical (unpaired) electrons. The zero-order valence-electron chi connectivity index (χ0n) is 10.1. The first kappa shape index (κ1) is 11.7. The molecule has 2 N–H and O–H groups in total. The van der Waals surface area contributed by atoms with Gasteiger partial charge in [0.25, 0.3) is 0 Å². The minimum Gasteiger partial charge on any atom is -0.466 e. The SMILES string of the molecule is Cc1ccc(CCNCCC2CCCN2)o1. The second-order valence-electron chi connectivity index (χ2n) is 4.59. The summed E-state index contributed by atoms with van der Waals surface area (Å²) in [7, 11) is 0. The molecule has 1 aromatic rings. The lowest BCUT2D eigenvalue weighted by atomic mass is 10.1. The van der Waals surface area contributed by atoms with Gasteiger partial charge in [-0.1, -0.05) is 0 Å². The maximum Gasteiger partial charge on any atom is 0.105 e.